The average Bonchev–Trinajstić information content (AvgIpc) is 3.36. The van der Waals surface area contributed by atoms with Crippen LogP contribution in [0.2, 0.25) is 0 Å². The van der Waals surface area contributed by atoms with Gasteiger partial charge in [0.1, 0.15) is 6.10 Å². The maximum Gasteiger partial charge on any atom is 0.223 e. The third-order valence-corrected chi connectivity index (χ3v) is 7.45. The molecule has 3 fully saturated rings. The summed E-state index contributed by atoms with van der Waals surface area (Å²) in [6.07, 6.45) is 5.79. The fourth-order valence-electron chi connectivity index (χ4n) is 5.02. The number of rotatable bonds is 4. The molecule has 0 bridgehead atoms. The number of aromatic nitrogens is 1. The predicted octanol–water partition coefficient (Wildman–Crippen LogP) is 2.32. The summed E-state index contributed by atoms with van der Waals surface area (Å²) in [6.45, 7) is 5.19. The third-order valence-electron chi connectivity index (χ3n) is 6.82. The first-order valence-electron chi connectivity index (χ1n) is 10.2. The first kappa shape index (κ1) is 19.3. The van der Waals surface area contributed by atoms with E-state index in [1.54, 1.807) is 11.3 Å². The van der Waals surface area contributed by atoms with Crippen LogP contribution < -0.4 is 5.32 Å². The molecule has 1 aromatic rings. The van der Waals surface area contributed by atoms with E-state index < -0.39 is 17.2 Å². The Bertz CT molecular complexity index is 639. The standard InChI is InChI=1S/C20H31N3O3S/c1-19(22-17(24)15-4-2-3-5-15)8-11-26-20(18(19)25)6-9-23(10-7-20)12-16-13-27-14-21-16/h13-15,18,25H,2-12H2,1H3,(H,22,24)/t18-,19+/m1/s1. The minimum absolute atomic E-state index is 0.118. The number of thiazole rings is 1. The molecule has 1 amide bonds. The van der Waals surface area contributed by atoms with E-state index in [9.17, 15) is 9.90 Å². The highest BCUT2D eigenvalue weighted by molar-refractivity contribution is 7.07. The van der Waals surface area contributed by atoms with Gasteiger partial charge in [0.25, 0.3) is 0 Å². The quantitative estimate of drug-likeness (QED) is 0.821. The molecule has 27 heavy (non-hydrogen) atoms. The lowest BCUT2D eigenvalue weighted by molar-refractivity contribution is -0.208. The predicted molar refractivity (Wildman–Crippen MR) is 104 cm³/mol. The molecule has 2 saturated heterocycles. The molecular formula is C20H31N3O3S. The summed E-state index contributed by atoms with van der Waals surface area (Å²) >= 11 is 1.62. The first-order valence-corrected chi connectivity index (χ1v) is 11.2. The molecule has 1 aromatic heterocycles. The summed E-state index contributed by atoms with van der Waals surface area (Å²) in [4.78, 5) is 19.4. The number of carbonyl (C=O) groups excluding carboxylic acids is 1. The lowest BCUT2D eigenvalue weighted by Crippen LogP contribution is -2.69. The van der Waals surface area contributed by atoms with E-state index in [4.69, 9.17) is 4.74 Å². The van der Waals surface area contributed by atoms with Gasteiger partial charge in [0, 0.05) is 37.5 Å². The Morgan fingerprint density at radius 2 is 2.11 bits per heavy atom. The second-order valence-electron chi connectivity index (χ2n) is 8.71. The number of nitrogens with zero attached hydrogens (tertiary/aromatic N) is 2. The molecule has 6 nitrogen and oxygen atoms in total. The van der Waals surface area contributed by atoms with Gasteiger partial charge < -0.3 is 15.2 Å². The minimum Gasteiger partial charge on any atom is -0.388 e. The van der Waals surface area contributed by atoms with Crippen molar-refractivity contribution in [3.05, 3.63) is 16.6 Å². The van der Waals surface area contributed by atoms with Crippen molar-refractivity contribution in [2.75, 3.05) is 19.7 Å². The molecule has 1 saturated carbocycles. The number of hydrogen-bond acceptors (Lipinski definition) is 6. The lowest BCUT2D eigenvalue weighted by atomic mass is 9.73. The van der Waals surface area contributed by atoms with E-state index in [-0.39, 0.29) is 11.8 Å². The van der Waals surface area contributed by atoms with Crippen LogP contribution in [0.1, 0.15) is 57.6 Å². The van der Waals surface area contributed by atoms with Crippen molar-refractivity contribution in [1.29, 1.82) is 0 Å². The summed E-state index contributed by atoms with van der Waals surface area (Å²) in [7, 11) is 0. The van der Waals surface area contributed by atoms with Crippen molar-refractivity contribution in [2.24, 2.45) is 5.92 Å². The number of hydrogen-bond donors (Lipinski definition) is 2. The zero-order valence-electron chi connectivity index (χ0n) is 16.2. The van der Waals surface area contributed by atoms with Crippen molar-refractivity contribution in [3.8, 4) is 0 Å². The van der Waals surface area contributed by atoms with E-state index in [0.29, 0.717) is 13.0 Å². The molecule has 2 aliphatic heterocycles. The Hall–Kier alpha value is -1.02. The number of carbonyl (C=O) groups is 1. The van der Waals surface area contributed by atoms with Crippen LogP contribution in [0.25, 0.3) is 0 Å². The average molecular weight is 394 g/mol. The zero-order chi connectivity index (χ0) is 18.9. The number of ether oxygens (including phenoxy) is 1. The molecule has 3 aliphatic rings. The van der Waals surface area contributed by atoms with E-state index >= 15 is 0 Å². The third kappa shape index (κ3) is 3.92. The largest absolute Gasteiger partial charge is 0.388 e. The summed E-state index contributed by atoms with van der Waals surface area (Å²) in [5.41, 5.74) is 1.83. The summed E-state index contributed by atoms with van der Waals surface area (Å²) in [6, 6.07) is 0. The Kier molecular flexibility index (Phi) is 5.56. The van der Waals surface area contributed by atoms with Crippen LogP contribution in [0.3, 0.4) is 0 Å². The lowest BCUT2D eigenvalue weighted by Gasteiger charge is -2.53. The number of nitrogens with one attached hydrogen (secondary N) is 1. The van der Waals surface area contributed by atoms with Gasteiger partial charge in [-0.3, -0.25) is 9.69 Å². The van der Waals surface area contributed by atoms with E-state index in [1.165, 1.54) is 0 Å². The Morgan fingerprint density at radius 3 is 2.78 bits per heavy atom. The molecule has 1 spiro atoms. The molecular weight excluding hydrogens is 362 g/mol. The topological polar surface area (TPSA) is 74.7 Å². The zero-order valence-corrected chi connectivity index (χ0v) is 17.0. The van der Waals surface area contributed by atoms with Crippen LogP contribution in [-0.4, -0.2) is 57.8 Å². The fourth-order valence-corrected chi connectivity index (χ4v) is 5.57. The number of aliphatic hydroxyl groups excluding tert-OH is 1. The van der Waals surface area contributed by atoms with Gasteiger partial charge >= 0.3 is 0 Å². The van der Waals surface area contributed by atoms with Crippen LogP contribution in [0.15, 0.2) is 10.9 Å². The molecule has 0 radical (unpaired) electrons. The van der Waals surface area contributed by atoms with Gasteiger partial charge in [-0.15, -0.1) is 11.3 Å². The Labute approximate surface area is 165 Å². The van der Waals surface area contributed by atoms with Crippen molar-refractivity contribution in [3.63, 3.8) is 0 Å². The van der Waals surface area contributed by atoms with Crippen molar-refractivity contribution < 1.29 is 14.6 Å². The number of aliphatic hydroxyl groups is 1. The van der Waals surface area contributed by atoms with Crippen LogP contribution >= 0.6 is 11.3 Å². The second kappa shape index (κ2) is 7.78. The van der Waals surface area contributed by atoms with Crippen LogP contribution in [0.4, 0.5) is 0 Å². The minimum atomic E-state index is -0.675. The van der Waals surface area contributed by atoms with Crippen molar-refractivity contribution in [2.45, 2.75) is 75.7 Å². The molecule has 4 rings (SSSR count). The smallest absolute Gasteiger partial charge is 0.223 e. The maximum absolute atomic E-state index is 12.7. The van der Waals surface area contributed by atoms with Crippen molar-refractivity contribution >= 4 is 17.2 Å². The molecule has 0 unspecified atom stereocenters. The summed E-state index contributed by atoms with van der Waals surface area (Å²) in [5.74, 6) is 0.236. The van der Waals surface area contributed by atoms with E-state index in [2.05, 4.69) is 20.6 Å². The second-order valence-corrected chi connectivity index (χ2v) is 9.43. The van der Waals surface area contributed by atoms with Gasteiger partial charge in [-0.05, 0) is 39.0 Å². The van der Waals surface area contributed by atoms with Crippen molar-refractivity contribution in [1.82, 2.24) is 15.2 Å². The molecule has 150 valence electrons. The molecule has 0 aromatic carbocycles. The van der Waals surface area contributed by atoms with Gasteiger partial charge in [0.05, 0.1) is 22.3 Å². The molecule has 2 N–H and O–H groups in total. The molecule has 3 heterocycles. The monoisotopic (exact) mass is 393 g/mol. The highest BCUT2D eigenvalue weighted by Gasteiger charge is 2.54. The van der Waals surface area contributed by atoms with Crippen LogP contribution in [0, 0.1) is 5.92 Å². The van der Waals surface area contributed by atoms with Gasteiger partial charge in [0.2, 0.25) is 5.91 Å². The summed E-state index contributed by atoms with van der Waals surface area (Å²) in [5, 5.41) is 16.6. The van der Waals surface area contributed by atoms with Gasteiger partial charge in [-0.1, -0.05) is 12.8 Å². The SMILES string of the molecule is C[C@]1(NC(=O)C2CCCC2)CCOC2(CCN(Cc3cscn3)CC2)[C@@H]1O. The Morgan fingerprint density at radius 1 is 1.37 bits per heavy atom. The number of piperidine rings is 1. The number of amides is 1. The first-order chi connectivity index (χ1) is 13.0. The molecule has 1 aliphatic carbocycles. The normalized spacial score (nSPS) is 32.0. The highest BCUT2D eigenvalue weighted by atomic mass is 32.1. The maximum atomic E-state index is 12.7. The van der Waals surface area contributed by atoms with Crippen LogP contribution in [-0.2, 0) is 16.1 Å². The van der Waals surface area contributed by atoms with Crippen LogP contribution in [0.5, 0.6) is 0 Å². The highest BCUT2D eigenvalue weighted by Crippen LogP contribution is 2.40. The fraction of sp³-hybridized carbons (Fsp3) is 0.800. The van der Waals surface area contributed by atoms with Gasteiger partial charge in [-0.25, -0.2) is 4.98 Å². The van der Waals surface area contributed by atoms with E-state index in [0.717, 1.165) is 63.9 Å². The summed E-state index contributed by atoms with van der Waals surface area (Å²) < 4.78 is 6.16. The number of likely N-dealkylation sites (tertiary alicyclic amines) is 1. The Balaban J connectivity index is 1.39. The van der Waals surface area contributed by atoms with Gasteiger partial charge in [-0.2, -0.15) is 0 Å². The van der Waals surface area contributed by atoms with E-state index in [1.807, 2.05) is 12.4 Å². The molecule has 7 heteroatoms. The molecule has 2 atom stereocenters. The van der Waals surface area contributed by atoms with Gasteiger partial charge in [0.15, 0.2) is 0 Å².